The second kappa shape index (κ2) is 60.9. The minimum Gasteiger partial charge on any atom is -0.545 e. The molecule has 0 saturated carbocycles. The van der Waals surface area contributed by atoms with Crippen molar-refractivity contribution < 1.29 is 42.9 Å². The largest absolute Gasteiger partial charge is 0.545 e. The van der Waals surface area contributed by atoms with Crippen molar-refractivity contribution >= 4 is 17.9 Å². The fraction of sp³-hybridized carbons (Fsp3) is 0.899. The SMILES string of the molecule is CCCCCCCCC/C=C\CCCCCCCC(=O)OCC(COC(OCC[N+](C)(C)C)C(=O)[O-])OC(=O)CCCCCCCCCCCCCCCCCCCCCCCCCCC/C=C\CCCCCCCCCC. The molecule has 0 heterocycles. The Morgan fingerprint density at radius 3 is 0.949 bits per heavy atom. The van der Waals surface area contributed by atoms with Crippen LogP contribution in [0.1, 0.15) is 341 Å². The van der Waals surface area contributed by atoms with Gasteiger partial charge in [-0.2, -0.15) is 0 Å². The maximum atomic E-state index is 12.9. The molecule has 78 heavy (non-hydrogen) atoms. The van der Waals surface area contributed by atoms with Gasteiger partial charge in [0.15, 0.2) is 12.4 Å². The Bertz CT molecular complexity index is 1330. The number of quaternary nitrogens is 1. The third-order valence-electron chi connectivity index (χ3n) is 15.4. The lowest BCUT2D eigenvalue weighted by Gasteiger charge is -2.26. The Morgan fingerprint density at radius 2 is 0.654 bits per heavy atom. The zero-order valence-electron chi connectivity index (χ0n) is 52.6. The number of carbonyl (C=O) groups is 3. The number of allylic oxidation sites excluding steroid dienone is 4. The van der Waals surface area contributed by atoms with Crippen LogP contribution in [0.2, 0.25) is 0 Å². The molecular weight excluding hydrogens is 971 g/mol. The van der Waals surface area contributed by atoms with Gasteiger partial charge in [0.1, 0.15) is 13.2 Å². The van der Waals surface area contributed by atoms with Gasteiger partial charge in [0, 0.05) is 12.8 Å². The summed E-state index contributed by atoms with van der Waals surface area (Å²) in [5, 5.41) is 11.8. The van der Waals surface area contributed by atoms with Crippen molar-refractivity contribution in [3.8, 4) is 0 Å². The van der Waals surface area contributed by atoms with E-state index in [0.29, 0.717) is 11.0 Å². The Labute approximate surface area is 484 Å². The summed E-state index contributed by atoms with van der Waals surface area (Å²) in [6, 6.07) is 0. The maximum Gasteiger partial charge on any atom is 0.306 e. The first-order valence-electron chi connectivity index (χ1n) is 34.0. The number of esters is 2. The number of carboxylic acid groups (broad SMARTS) is 1. The molecule has 0 fully saturated rings. The van der Waals surface area contributed by atoms with Gasteiger partial charge < -0.3 is 33.3 Å². The van der Waals surface area contributed by atoms with Gasteiger partial charge in [-0.25, -0.2) is 0 Å². The van der Waals surface area contributed by atoms with Crippen LogP contribution in [0, 0.1) is 0 Å². The number of carboxylic acids is 1. The van der Waals surface area contributed by atoms with Crippen molar-refractivity contribution in [3.63, 3.8) is 0 Å². The lowest BCUT2D eigenvalue weighted by Crippen LogP contribution is -2.44. The standard InChI is InChI=1S/C69H131NO8/c1-6-8-10-12-14-16-18-20-22-24-25-26-27-28-29-30-31-32-33-34-35-36-37-38-39-40-41-42-43-44-46-48-50-52-54-56-58-60-67(72)78-65(64-77-69(68(73)74)75-62-61-70(3,4)5)63-76-66(71)59-57-55-53-51-49-47-45-23-21-19-17-15-13-11-9-7-2/h23-25,45,65,69H,6-22,26-44,46-64H2,1-5H3/b25-24-,45-23-. The number of hydrogen-bond donors (Lipinski definition) is 0. The highest BCUT2D eigenvalue weighted by Crippen LogP contribution is 2.18. The summed E-state index contributed by atoms with van der Waals surface area (Å²) in [5.41, 5.74) is 0. The first-order valence-corrected chi connectivity index (χ1v) is 34.0. The molecule has 0 spiro atoms. The molecule has 0 aromatic heterocycles. The quantitative estimate of drug-likeness (QED) is 0.0195. The van der Waals surface area contributed by atoms with E-state index in [-0.39, 0.29) is 38.6 Å². The van der Waals surface area contributed by atoms with Crippen LogP contribution in [0.25, 0.3) is 0 Å². The third-order valence-corrected chi connectivity index (χ3v) is 15.4. The van der Waals surface area contributed by atoms with E-state index in [1.807, 2.05) is 21.1 Å². The van der Waals surface area contributed by atoms with E-state index in [4.69, 9.17) is 18.9 Å². The van der Waals surface area contributed by atoms with E-state index in [9.17, 15) is 19.5 Å². The first-order chi connectivity index (χ1) is 38.1. The number of nitrogens with zero attached hydrogens (tertiary/aromatic N) is 1. The van der Waals surface area contributed by atoms with Gasteiger partial charge in [-0.15, -0.1) is 0 Å². The van der Waals surface area contributed by atoms with Gasteiger partial charge >= 0.3 is 11.9 Å². The third kappa shape index (κ3) is 61.4. The molecule has 9 nitrogen and oxygen atoms in total. The zero-order valence-corrected chi connectivity index (χ0v) is 52.6. The predicted octanol–water partition coefficient (Wildman–Crippen LogP) is 19.3. The van der Waals surface area contributed by atoms with Crippen LogP contribution in [0.4, 0.5) is 0 Å². The summed E-state index contributed by atoms with van der Waals surface area (Å²) >= 11 is 0. The number of likely N-dealkylation sites (N-methyl/N-ethyl adjacent to an activating group) is 1. The maximum absolute atomic E-state index is 12.9. The molecule has 0 aromatic rings. The number of unbranched alkanes of at least 4 members (excludes halogenated alkanes) is 45. The van der Waals surface area contributed by atoms with Gasteiger partial charge in [0.05, 0.1) is 40.3 Å². The van der Waals surface area contributed by atoms with Crippen molar-refractivity contribution in [2.75, 3.05) is 47.5 Å². The highest BCUT2D eigenvalue weighted by atomic mass is 16.7. The topological polar surface area (TPSA) is 111 Å². The molecule has 0 saturated heterocycles. The van der Waals surface area contributed by atoms with Gasteiger partial charge in [-0.3, -0.25) is 9.59 Å². The fourth-order valence-electron chi connectivity index (χ4n) is 10.2. The predicted molar refractivity (Wildman–Crippen MR) is 330 cm³/mol. The highest BCUT2D eigenvalue weighted by molar-refractivity contribution is 5.70. The lowest BCUT2D eigenvalue weighted by molar-refractivity contribution is -0.870. The summed E-state index contributed by atoms with van der Waals surface area (Å²) in [7, 11) is 5.93. The van der Waals surface area contributed by atoms with E-state index in [1.54, 1.807) is 0 Å². The van der Waals surface area contributed by atoms with Crippen LogP contribution in [0.5, 0.6) is 0 Å². The Morgan fingerprint density at radius 1 is 0.372 bits per heavy atom. The minimum atomic E-state index is -1.62. The molecule has 0 aliphatic carbocycles. The second-order valence-corrected chi connectivity index (χ2v) is 24.5. The van der Waals surface area contributed by atoms with Crippen LogP contribution in [0.15, 0.2) is 24.3 Å². The van der Waals surface area contributed by atoms with Gasteiger partial charge in [0.25, 0.3) is 0 Å². The van der Waals surface area contributed by atoms with Gasteiger partial charge in [-0.1, -0.05) is 289 Å². The Kier molecular flexibility index (Phi) is 59.1. The molecule has 0 N–H and O–H groups in total. The van der Waals surface area contributed by atoms with Crippen LogP contribution < -0.4 is 5.11 Å². The number of carbonyl (C=O) groups excluding carboxylic acids is 3. The normalized spacial score (nSPS) is 12.8. The van der Waals surface area contributed by atoms with Crippen molar-refractivity contribution in [3.05, 3.63) is 24.3 Å². The smallest absolute Gasteiger partial charge is 0.306 e. The number of rotatable bonds is 64. The van der Waals surface area contributed by atoms with Crippen LogP contribution >= 0.6 is 0 Å². The zero-order chi connectivity index (χ0) is 56.9. The molecule has 0 aromatic carbocycles. The Balaban J connectivity index is 3.97. The van der Waals surface area contributed by atoms with Crippen LogP contribution in [-0.2, 0) is 33.3 Å². The summed E-state index contributed by atoms with van der Waals surface area (Å²) in [4.78, 5) is 37.3. The summed E-state index contributed by atoms with van der Waals surface area (Å²) < 4.78 is 22.7. The van der Waals surface area contributed by atoms with Crippen molar-refractivity contribution in [1.29, 1.82) is 0 Å². The second-order valence-electron chi connectivity index (χ2n) is 24.5. The monoisotopic (exact) mass is 1100 g/mol. The molecule has 2 unspecified atom stereocenters. The molecule has 460 valence electrons. The average Bonchev–Trinajstić information content (AvgIpc) is 3.41. The first kappa shape index (κ1) is 75.8. The molecule has 0 aliphatic heterocycles. The van der Waals surface area contributed by atoms with E-state index in [2.05, 4.69) is 38.2 Å². The molecular formula is C69H131NO8. The van der Waals surface area contributed by atoms with E-state index >= 15 is 0 Å². The summed E-state index contributed by atoms with van der Waals surface area (Å²) in [5.74, 6) is -2.27. The van der Waals surface area contributed by atoms with E-state index in [1.165, 1.54) is 257 Å². The molecule has 9 heteroatoms. The number of hydrogen-bond acceptors (Lipinski definition) is 8. The fourth-order valence-corrected chi connectivity index (χ4v) is 10.2. The Hall–Kier alpha value is -2.23. The van der Waals surface area contributed by atoms with Crippen molar-refractivity contribution in [1.82, 2.24) is 0 Å². The van der Waals surface area contributed by atoms with Crippen molar-refractivity contribution in [2.24, 2.45) is 0 Å². The average molecular weight is 1100 g/mol. The van der Waals surface area contributed by atoms with E-state index < -0.39 is 24.3 Å². The molecule has 0 amide bonds. The molecule has 0 aliphatic rings. The molecule has 0 bridgehead atoms. The van der Waals surface area contributed by atoms with E-state index in [0.717, 1.165) is 57.8 Å². The number of ether oxygens (including phenoxy) is 4. The number of aliphatic carboxylic acids is 1. The molecule has 2 atom stereocenters. The van der Waals surface area contributed by atoms with Crippen molar-refractivity contribution in [2.45, 2.75) is 354 Å². The minimum absolute atomic E-state index is 0.149. The van der Waals surface area contributed by atoms with Crippen LogP contribution in [-0.4, -0.2) is 82.3 Å². The highest BCUT2D eigenvalue weighted by Gasteiger charge is 2.22. The molecule has 0 rings (SSSR count). The summed E-state index contributed by atoms with van der Waals surface area (Å²) in [6.07, 6.45) is 71.3. The molecule has 0 radical (unpaired) electrons. The lowest BCUT2D eigenvalue weighted by atomic mass is 10.0. The van der Waals surface area contributed by atoms with Gasteiger partial charge in [-0.05, 0) is 64.2 Å². The van der Waals surface area contributed by atoms with Crippen LogP contribution in [0.3, 0.4) is 0 Å². The van der Waals surface area contributed by atoms with Gasteiger partial charge in [0.2, 0.25) is 0 Å². The summed E-state index contributed by atoms with van der Waals surface area (Å²) in [6.45, 7) is 4.79.